The van der Waals surface area contributed by atoms with Crippen LogP contribution in [0.2, 0.25) is 10.0 Å². The van der Waals surface area contributed by atoms with Crippen LogP contribution in [0.4, 0.5) is 5.69 Å². The average Bonchev–Trinajstić information content (AvgIpc) is 2.99. The Kier molecular flexibility index (Phi) is 5.14. The molecule has 1 aliphatic rings. The second-order valence-electron chi connectivity index (χ2n) is 5.44. The molecule has 1 atom stereocenters. The highest BCUT2D eigenvalue weighted by Gasteiger charge is 2.15. The van der Waals surface area contributed by atoms with E-state index in [0.29, 0.717) is 22.3 Å². The topological polar surface area (TPSA) is 59.6 Å². The molecule has 0 bridgehead atoms. The number of amides is 1. The fraction of sp³-hybridized carbons (Fsp3) is 0.235. The Hall–Kier alpha value is -1.95. The van der Waals surface area contributed by atoms with Crippen LogP contribution in [0.15, 0.2) is 36.4 Å². The van der Waals surface area contributed by atoms with Gasteiger partial charge in [-0.3, -0.25) is 4.79 Å². The Bertz CT molecular complexity index is 747. The van der Waals surface area contributed by atoms with Crippen molar-refractivity contribution >= 4 is 34.8 Å². The number of halogens is 2. The zero-order chi connectivity index (χ0) is 17.1. The van der Waals surface area contributed by atoms with E-state index in [2.05, 4.69) is 10.6 Å². The molecule has 1 unspecified atom stereocenters. The van der Waals surface area contributed by atoms with Crippen molar-refractivity contribution in [1.82, 2.24) is 5.32 Å². The maximum atomic E-state index is 12.2. The van der Waals surface area contributed by atoms with Crippen molar-refractivity contribution in [3.05, 3.63) is 52.0 Å². The van der Waals surface area contributed by atoms with Crippen molar-refractivity contribution in [3.8, 4) is 11.5 Å². The molecular weight excluding hydrogens is 351 g/mol. The summed E-state index contributed by atoms with van der Waals surface area (Å²) in [6, 6.07) is 10.2. The van der Waals surface area contributed by atoms with Crippen molar-refractivity contribution in [2.75, 3.05) is 12.1 Å². The Morgan fingerprint density at radius 1 is 1.12 bits per heavy atom. The number of hydrogen-bond donors (Lipinski definition) is 2. The lowest BCUT2D eigenvalue weighted by molar-refractivity contribution is -0.117. The lowest BCUT2D eigenvalue weighted by atomic mass is 10.2. The maximum absolute atomic E-state index is 12.2. The summed E-state index contributed by atoms with van der Waals surface area (Å²) < 4.78 is 10.6. The normalized spacial score (nSPS) is 13.6. The van der Waals surface area contributed by atoms with E-state index in [1.54, 1.807) is 25.1 Å². The number of benzene rings is 2. The summed E-state index contributed by atoms with van der Waals surface area (Å²) in [5.41, 5.74) is 1.57. The molecule has 5 nitrogen and oxygen atoms in total. The van der Waals surface area contributed by atoms with Crippen molar-refractivity contribution in [3.63, 3.8) is 0 Å². The van der Waals surface area contributed by atoms with Gasteiger partial charge in [-0.2, -0.15) is 0 Å². The third kappa shape index (κ3) is 4.12. The number of rotatable bonds is 5. The highest BCUT2D eigenvalue weighted by atomic mass is 35.5. The van der Waals surface area contributed by atoms with Gasteiger partial charge >= 0.3 is 0 Å². The number of ether oxygens (including phenoxy) is 2. The highest BCUT2D eigenvalue weighted by Crippen LogP contribution is 2.32. The first-order chi connectivity index (χ1) is 11.5. The predicted molar refractivity (Wildman–Crippen MR) is 94.0 cm³/mol. The first-order valence-corrected chi connectivity index (χ1v) is 8.16. The highest BCUT2D eigenvalue weighted by molar-refractivity contribution is 6.35. The SMILES string of the molecule is CC(NCc1ccc2c(c1)OCO2)C(=O)Nc1cc(Cl)cc(Cl)c1. The van der Waals surface area contributed by atoms with Crippen LogP contribution in [0, 0.1) is 0 Å². The van der Waals surface area contributed by atoms with E-state index in [-0.39, 0.29) is 12.7 Å². The minimum absolute atomic E-state index is 0.172. The van der Waals surface area contributed by atoms with E-state index in [1.165, 1.54) is 0 Å². The molecule has 0 spiro atoms. The molecular formula is C17H16Cl2N2O3. The van der Waals surface area contributed by atoms with Gasteiger partial charge in [0.05, 0.1) is 6.04 Å². The summed E-state index contributed by atoms with van der Waals surface area (Å²) in [6.07, 6.45) is 0. The van der Waals surface area contributed by atoms with E-state index in [0.717, 1.165) is 17.1 Å². The monoisotopic (exact) mass is 366 g/mol. The minimum Gasteiger partial charge on any atom is -0.454 e. The van der Waals surface area contributed by atoms with Crippen LogP contribution < -0.4 is 20.1 Å². The van der Waals surface area contributed by atoms with E-state index >= 15 is 0 Å². The van der Waals surface area contributed by atoms with Crippen LogP contribution in [0.1, 0.15) is 12.5 Å². The quantitative estimate of drug-likeness (QED) is 0.843. The van der Waals surface area contributed by atoms with Crippen LogP contribution in [-0.2, 0) is 11.3 Å². The molecule has 0 saturated carbocycles. The molecule has 1 aliphatic heterocycles. The predicted octanol–water partition coefficient (Wildman–Crippen LogP) is 3.84. The maximum Gasteiger partial charge on any atom is 0.241 e. The number of hydrogen-bond acceptors (Lipinski definition) is 4. The molecule has 2 N–H and O–H groups in total. The van der Waals surface area contributed by atoms with Gasteiger partial charge in [-0.15, -0.1) is 0 Å². The third-order valence-corrected chi connectivity index (χ3v) is 4.01. The molecule has 1 heterocycles. The van der Waals surface area contributed by atoms with Gasteiger partial charge in [0.15, 0.2) is 11.5 Å². The number of fused-ring (bicyclic) bond motifs is 1. The van der Waals surface area contributed by atoms with E-state index in [1.807, 2.05) is 18.2 Å². The van der Waals surface area contributed by atoms with Crippen molar-refractivity contribution in [2.45, 2.75) is 19.5 Å². The second kappa shape index (κ2) is 7.30. The molecule has 24 heavy (non-hydrogen) atoms. The van der Waals surface area contributed by atoms with E-state index < -0.39 is 6.04 Å². The van der Waals surface area contributed by atoms with Crippen LogP contribution in [0.5, 0.6) is 11.5 Å². The van der Waals surface area contributed by atoms with Gasteiger partial charge in [0.2, 0.25) is 12.7 Å². The van der Waals surface area contributed by atoms with Crippen LogP contribution in [0.25, 0.3) is 0 Å². The standard InChI is InChI=1S/C17H16Cl2N2O3/c1-10(17(22)21-14-6-12(18)5-13(19)7-14)20-8-11-2-3-15-16(4-11)24-9-23-15/h2-7,10,20H,8-9H2,1H3,(H,21,22). The van der Waals surface area contributed by atoms with Gasteiger partial charge in [-0.1, -0.05) is 29.3 Å². The summed E-state index contributed by atoms with van der Waals surface area (Å²) in [4.78, 5) is 12.2. The molecule has 0 saturated heterocycles. The van der Waals surface area contributed by atoms with Gasteiger partial charge in [0, 0.05) is 22.3 Å². The lowest BCUT2D eigenvalue weighted by Crippen LogP contribution is -2.37. The van der Waals surface area contributed by atoms with Gasteiger partial charge in [-0.25, -0.2) is 0 Å². The first kappa shape index (κ1) is 16.9. The zero-order valence-corrected chi connectivity index (χ0v) is 14.4. The fourth-order valence-corrected chi connectivity index (χ4v) is 2.82. The Labute approximate surface area is 149 Å². The number of nitrogens with one attached hydrogen (secondary N) is 2. The smallest absolute Gasteiger partial charge is 0.241 e. The van der Waals surface area contributed by atoms with Crippen molar-refractivity contribution in [1.29, 1.82) is 0 Å². The molecule has 0 aromatic heterocycles. The minimum atomic E-state index is -0.395. The molecule has 2 aromatic carbocycles. The molecule has 126 valence electrons. The number of carbonyl (C=O) groups excluding carboxylic acids is 1. The Balaban J connectivity index is 1.56. The number of anilines is 1. The largest absolute Gasteiger partial charge is 0.454 e. The summed E-state index contributed by atoms with van der Waals surface area (Å²) in [5.74, 6) is 1.29. The summed E-state index contributed by atoms with van der Waals surface area (Å²) in [5, 5.41) is 6.89. The van der Waals surface area contributed by atoms with Gasteiger partial charge in [0.25, 0.3) is 0 Å². The lowest BCUT2D eigenvalue weighted by Gasteiger charge is -2.14. The van der Waals surface area contributed by atoms with Crippen LogP contribution in [-0.4, -0.2) is 18.7 Å². The molecule has 0 radical (unpaired) electrons. The fourth-order valence-electron chi connectivity index (χ4n) is 2.29. The van der Waals surface area contributed by atoms with Crippen LogP contribution >= 0.6 is 23.2 Å². The first-order valence-electron chi connectivity index (χ1n) is 7.40. The van der Waals surface area contributed by atoms with Crippen molar-refractivity contribution < 1.29 is 14.3 Å². The molecule has 0 fully saturated rings. The molecule has 3 rings (SSSR count). The van der Waals surface area contributed by atoms with Crippen molar-refractivity contribution in [2.24, 2.45) is 0 Å². The molecule has 1 amide bonds. The summed E-state index contributed by atoms with van der Waals surface area (Å²) in [7, 11) is 0. The Morgan fingerprint density at radius 2 is 1.83 bits per heavy atom. The van der Waals surface area contributed by atoms with Gasteiger partial charge in [-0.05, 0) is 42.8 Å². The molecule has 0 aliphatic carbocycles. The molecule has 7 heteroatoms. The van der Waals surface area contributed by atoms with E-state index in [4.69, 9.17) is 32.7 Å². The third-order valence-electron chi connectivity index (χ3n) is 3.57. The summed E-state index contributed by atoms with van der Waals surface area (Å²) in [6.45, 7) is 2.56. The van der Waals surface area contributed by atoms with Gasteiger partial charge < -0.3 is 20.1 Å². The summed E-state index contributed by atoms with van der Waals surface area (Å²) >= 11 is 11.9. The Morgan fingerprint density at radius 3 is 2.58 bits per heavy atom. The van der Waals surface area contributed by atoms with E-state index in [9.17, 15) is 4.79 Å². The zero-order valence-electron chi connectivity index (χ0n) is 12.9. The number of carbonyl (C=O) groups is 1. The van der Waals surface area contributed by atoms with Crippen LogP contribution in [0.3, 0.4) is 0 Å². The average molecular weight is 367 g/mol. The second-order valence-corrected chi connectivity index (χ2v) is 6.31. The van der Waals surface area contributed by atoms with Gasteiger partial charge in [0.1, 0.15) is 0 Å². The molecule has 2 aromatic rings.